The molecule has 0 saturated heterocycles. The van der Waals surface area contributed by atoms with Gasteiger partial charge in [-0.25, -0.2) is 4.79 Å². The van der Waals surface area contributed by atoms with Gasteiger partial charge in [0.1, 0.15) is 0 Å². The van der Waals surface area contributed by atoms with E-state index in [9.17, 15) is 18.7 Å². The number of hydrogen-bond acceptors (Lipinski definition) is 4. The van der Waals surface area contributed by atoms with Crippen LogP contribution in [0, 0.1) is 41.5 Å². The molecule has 6 heteroatoms. The predicted octanol–water partition coefficient (Wildman–Crippen LogP) is 8.67. The van der Waals surface area contributed by atoms with E-state index in [4.69, 9.17) is 0 Å². The van der Waals surface area contributed by atoms with E-state index in [0.717, 1.165) is 33.4 Å². The molecule has 5 aromatic carbocycles. The first-order valence-electron chi connectivity index (χ1n) is 14.4. The van der Waals surface area contributed by atoms with Gasteiger partial charge in [0.25, 0.3) is 0 Å². The van der Waals surface area contributed by atoms with Gasteiger partial charge >= 0.3 is 13.3 Å². The van der Waals surface area contributed by atoms with Gasteiger partial charge in [0.05, 0.1) is 5.56 Å². The highest BCUT2D eigenvalue weighted by molar-refractivity contribution is 7.93. The lowest BCUT2D eigenvalue weighted by Gasteiger charge is -2.20. The molecule has 0 heterocycles. The smallest absolute Gasteiger partial charge is 0.305 e. The summed E-state index contributed by atoms with van der Waals surface area (Å²) in [5.41, 5.74) is 6.32. The van der Waals surface area contributed by atoms with E-state index in [2.05, 4.69) is 0 Å². The minimum Gasteiger partial charge on any atom is -0.305 e. The predicted molar refractivity (Wildman–Crippen MR) is 183 cm³/mol. The van der Waals surface area contributed by atoms with Gasteiger partial charge in [-0.3, -0.25) is 4.79 Å². The van der Waals surface area contributed by atoms with Crippen LogP contribution in [-0.2, 0) is 9.13 Å². The normalized spacial score (nSPS) is 11.3. The Bertz CT molecular complexity index is 1790. The number of aryl methyl sites for hydroxylation is 6. The number of hydrogen-bond donors (Lipinski definition) is 0. The lowest BCUT2D eigenvalue weighted by Crippen LogP contribution is -2.23. The van der Waals surface area contributed by atoms with E-state index in [1.165, 1.54) is 0 Å². The Morgan fingerprint density at radius 2 is 0.864 bits per heavy atom. The Hall–Kier alpha value is -4.23. The fraction of sp³-hybridized carbons (Fsp3) is 0.158. The summed E-state index contributed by atoms with van der Waals surface area (Å²) in [6.07, 6.45) is 0. The van der Waals surface area contributed by atoms with Crippen LogP contribution in [0.2, 0.25) is 0 Å². The molecular weight excluding hydrogens is 582 g/mol. The molecule has 5 rings (SSSR count). The minimum atomic E-state index is -3.44. The molecule has 1 atom stereocenters. The van der Waals surface area contributed by atoms with Gasteiger partial charge in [-0.05, 0) is 75.9 Å². The van der Waals surface area contributed by atoms with E-state index in [-0.39, 0.29) is 11.0 Å². The van der Waals surface area contributed by atoms with Crippen LogP contribution in [0.3, 0.4) is 0 Å². The summed E-state index contributed by atoms with van der Waals surface area (Å²) in [6, 6.07) is 34.9. The maximum Gasteiger partial charge on any atom is 0.458 e. The van der Waals surface area contributed by atoms with E-state index in [0.29, 0.717) is 27.0 Å². The third-order valence-corrected chi connectivity index (χ3v) is 11.7. The molecule has 1 unspecified atom stereocenters. The lowest BCUT2D eigenvalue weighted by molar-refractivity contribution is 0.107. The third kappa shape index (κ3) is 6.94. The van der Waals surface area contributed by atoms with E-state index < -0.39 is 14.9 Å². The number of benzene rings is 5. The van der Waals surface area contributed by atoms with Crippen molar-refractivity contribution < 1.29 is 18.7 Å². The Balaban J connectivity index is 0.000000209. The summed E-state index contributed by atoms with van der Waals surface area (Å²) >= 11 is 0. The largest absolute Gasteiger partial charge is 0.458 e. The highest BCUT2D eigenvalue weighted by atomic mass is 31.2. The number of rotatable bonds is 7. The molecule has 0 aliphatic heterocycles. The average Bonchev–Trinajstić information content (AvgIpc) is 3.00. The van der Waals surface area contributed by atoms with E-state index in [1.54, 1.807) is 48.5 Å². The summed E-state index contributed by atoms with van der Waals surface area (Å²) in [4.78, 5) is 26.0. The molecule has 0 radical (unpaired) electrons. The number of carbonyl (C=O) groups is 2. The Kier molecular flexibility index (Phi) is 10.4. The van der Waals surface area contributed by atoms with Crippen LogP contribution in [0.25, 0.3) is 0 Å². The Labute approximate surface area is 261 Å². The van der Waals surface area contributed by atoms with Crippen molar-refractivity contribution in [1.82, 2.24) is 0 Å². The van der Waals surface area contributed by atoms with Crippen molar-refractivity contribution in [1.29, 1.82) is 0 Å². The molecule has 5 aromatic rings. The first-order chi connectivity index (χ1) is 20.9. The molecule has 0 spiro atoms. The van der Waals surface area contributed by atoms with Crippen molar-refractivity contribution in [3.63, 3.8) is 0 Å². The summed E-state index contributed by atoms with van der Waals surface area (Å²) in [6.45, 7) is 11.6. The van der Waals surface area contributed by atoms with E-state index in [1.807, 2.05) is 108 Å². The fourth-order valence-electron chi connectivity index (χ4n) is 5.63. The molecule has 0 fully saturated rings. The second kappa shape index (κ2) is 14.0. The van der Waals surface area contributed by atoms with Crippen molar-refractivity contribution in [3.05, 3.63) is 160 Å². The average molecular weight is 620 g/mol. The lowest BCUT2D eigenvalue weighted by atomic mass is 10.0. The molecule has 0 amide bonds. The molecule has 0 aliphatic carbocycles. The van der Waals surface area contributed by atoms with Crippen LogP contribution in [-0.4, -0.2) is 11.0 Å². The third-order valence-electron chi connectivity index (χ3n) is 7.48. The van der Waals surface area contributed by atoms with Gasteiger partial charge < -0.3 is 4.57 Å². The first kappa shape index (κ1) is 32.7. The first-order valence-corrected chi connectivity index (χ1v) is 17.4. The summed E-state index contributed by atoms with van der Waals surface area (Å²) < 4.78 is 26.5. The van der Waals surface area contributed by atoms with Crippen LogP contribution in [0.15, 0.2) is 115 Å². The SMILES string of the molecule is Cc1cc(C)c(C(=O)P(=O)(c2ccccc2)c2ccccc2)c(C)c1.Cc1cc(C)c(C(=O)[P+](=O)c2ccccc2)c(C)c1. The van der Waals surface area contributed by atoms with Gasteiger partial charge in [0.15, 0.2) is 5.30 Å². The van der Waals surface area contributed by atoms with Gasteiger partial charge in [-0.2, -0.15) is 0 Å². The van der Waals surface area contributed by atoms with Crippen molar-refractivity contribution in [3.8, 4) is 0 Å². The maximum absolute atomic E-state index is 14.2. The van der Waals surface area contributed by atoms with Crippen LogP contribution >= 0.6 is 14.9 Å². The highest BCUT2D eigenvalue weighted by Gasteiger charge is 2.38. The molecule has 0 saturated carbocycles. The van der Waals surface area contributed by atoms with Gasteiger partial charge in [-0.1, -0.05) is 119 Å². The monoisotopic (exact) mass is 619 g/mol. The number of carbonyl (C=O) groups excluding carboxylic acids is 2. The molecule has 0 aromatic heterocycles. The molecule has 4 nitrogen and oxygen atoms in total. The van der Waals surface area contributed by atoms with Crippen molar-refractivity contribution >= 4 is 41.9 Å². The Morgan fingerprint density at radius 1 is 0.523 bits per heavy atom. The topological polar surface area (TPSA) is 68.3 Å². The quantitative estimate of drug-likeness (QED) is 0.171. The fourth-order valence-corrected chi connectivity index (χ4v) is 9.49. The van der Waals surface area contributed by atoms with E-state index >= 15 is 0 Å². The molecular formula is C38H37O4P2+. The highest BCUT2D eigenvalue weighted by Crippen LogP contribution is 2.48. The van der Waals surface area contributed by atoms with Crippen LogP contribution < -0.4 is 15.9 Å². The molecule has 0 aliphatic rings. The standard InChI is InChI=1S/C22H21O2P.C16H16O2P/c1-16-14-17(2)21(18(3)15-16)22(23)25(24,19-10-6-4-7-11-19)20-12-8-5-9-13-20;1-11-9-12(2)15(13(3)10-11)16(17)19(18)14-7-5-4-6-8-14/h4-15H,1-3H3;4-10H,1-3H3/q;+1. The zero-order valence-corrected chi connectivity index (χ0v) is 27.8. The Morgan fingerprint density at radius 3 is 1.25 bits per heavy atom. The summed E-state index contributed by atoms with van der Waals surface area (Å²) in [7, 11) is -5.49. The van der Waals surface area contributed by atoms with Crippen molar-refractivity contribution in [2.75, 3.05) is 0 Å². The van der Waals surface area contributed by atoms with Crippen LogP contribution in [0.5, 0.6) is 0 Å². The van der Waals surface area contributed by atoms with Gasteiger partial charge in [-0.15, -0.1) is 0 Å². The maximum atomic E-state index is 14.2. The zero-order valence-electron chi connectivity index (χ0n) is 26.0. The second-order valence-electron chi connectivity index (χ2n) is 11.1. The molecule has 44 heavy (non-hydrogen) atoms. The van der Waals surface area contributed by atoms with Gasteiger partial charge in [0, 0.05) is 16.2 Å². The van der Waals surface area contributed by atoms with Crippen molar-refractivity contribution in [2.24, 2.45) is 0 Å². The van der Waals surface area contributed by atoms with Crippen LogP contribution in [0.4, 0.5) is 0 Å². The summed E-state index contributed by atoms with van der Waals surface area (Å²) in [5.74, 6) is 0. The molecule has 222 valence electrons. The molecule has 0 bridgehead atoms. The minimum absolute atomic E-state index is 0.281. The summed E-state index contributed by atoms with van der Waals surface area (Å²) in [5, 5.41) is 1.73. The molecule has 0 N–H and O–H groups in total. The van der Waals surface area contributed by atoms with Gasteiger partial charge in [0.2, 0.25) is 12.7 Å². The zero-order chi connectivity index (χ0) is 32.0. The van der Waals surface area contributed by atoms with Crippen LogP contribution in [0.1, 0.15) is 54.1 Å². The second-order valence-corrected chi connectivity index (χ2v) is 15.2. The van der Waals surface area contributed by atoms with Crippen molar-refractivity contribution in [2.45, 2.75) is 41.5 Å².